The van der Waals surface area contributed by atoms with Crippen LogP contribution in [0.5, 0.6) is 0 Å². The van der Waals surface area contributed by atoms with E-state index in [-0.39, 0.29) is 6.42 Å². The first kappa shape index (κ1) is 18.3. The normalized spacial score (nSPS) is 13.6. The molecule has 0 aliphatic carbocycles. The van der Waals surface area contributed by atoms with E-state index in [0.717, 1.165) is 32.2 Å². The topological polar surface area (TPSA) is 81.0 Å². The molecular formula is C15H26NO4P. The van der Waals surface area contributed by atoms with Crippen LogP contribution in [0.2, 0.25) is 0 Å². The van der Waals surface area contributed by atoms with Crippen LogP contribution in [0.15, 0.2) is 30.3 Å². The van der Waals surface area contributed by atoms with Crippen molar-refractivity contribution in [3.63, 3.8) is 0 Å². The summed E-state index contributed by atoms with van der Waals surface area (Å²) in [6.07, 6.45) is 4.50. The van der Waals surface area contributed by atoms with Gasteiger partial charge in [-0.05, 0) is 44.8 Å². The molecule has 0 heterocycles. The molecule has 1 unspecified atom stereocenters. The first-order chi connectivity index (χ1) is 9.89. The van der Waals surface area contributed by atoms with Crippen LogP contribution in [0.25, 0.3) is 0 Å². The minimum Gasteiger partial charge on any atom is -0.380 e. The summed E-state index contributed by atoms with van der Waals surface area (Å²) >= 11 is 0. The summed E-state index contributed by atoms with van der Waals surface area (Å²) in [5.74, 6) is -1.54. The Morgan fingerprint density at radius 1 is 1.10 bits per heavy atom. The summed E-state index contributed by atoms with van der Waals surface area (Å²) in [5, 5.41) is 9.28. The number of rotatable bonds is 10. The first-order valence-electron chi connectivity index (χ1n) is 7.35. The van der Waals surface area contributed by atoms with Gasteiger partial charge in [0.1, 0.15) is 0 Å². The Balaban J connectivity index is 2.06. The third-order valence-electron chi connectivity index (χ3n) is 3.51. The third kappa shape index (κ3) is 8.34. The standard InChI is InChI=1S/C15H26NO4P/c1-16(13-11-15(17)21(18,19)20)12-7-3-6-10-14-8-4-2-5-9-14/h2,4-5,8-9,15,17H,3,6-7,10-13H2,1H3,(H2,18,19,20). The maximum atomic E-state index is 10.8. The highest BCUT2D eigenvalue weighted by Crippen LogP contribution is 2.41. The van der Waals surface area contributed by atoms with E-state index in [1.807, 2.05) is 18.0 Å². The lowest BCUT2D eigenvalue weighted by Crippen LogP contribution is -2.24. The van der Waals surface area contributed by atoms with E-state index in [2.05, 4.69) is 24.3 Å². The van der Waals surface area contributed by atoms with Gasteiger partial charge < -0.3 is 19.8 Å². The van der Waals surface area contributed by atoms with Crippen LogP contribution >= 0.6 is 7.60 Å². The first-order valence-corrected chi connectivity index (χ1v) is 9.03. The average molecular weight is 315 g/mol. The molecule has 6 heteroatoms. The van der Waals surface area contributed by atoms with Crippen molar-refractivity contribution < 1.29 is 19.5 Å². The Labute approximate surface area is 126 Å². The second-order valence-corrected chi connectivity index (χ2v) is 7.23. The Bertz CT molecular complexity index is 435. The van der Waals surface area contributed by atoms with E-state index in [9.17, 15) is 9.67 Å². The van der Waals surface area contributed by atoms with Crippen molar-refractivity contribution in [2.75, 3.05) is 20.1 Å². The quantitative estimate of drug-likeness (QED) is 0.456. The number of aliphatic hydroxyl groups excluding tert-OH is 1. The molecule has 1 aromatic carbocycles. The smallest absolute Gasteiger partial charge is 0.353 e. The van der Waals surface area contributed by atoms with Gasteiger partial charge in [0.05, 0.1) is 0 Å². The van der Waals surface area contributed by atoms with Gasteiger partial charge in [0.15, 0.2) is 5.85 Å². The number of nitrogens with zero attached hydrogens (tertiary/aromatic N) is 1. The molecule has 0 radical (unpaired) electrons. The molecular weight excluding hydrogens is 289 g/mol. The maximum absolute atomic E-state index is 10.8. The number of benzene rings is 1. The largest absolute Gasteiger partial charge is 0.380 e. The van der Waals surface area contributed by atoms with Crippen molar-refractivity contribution in [1.29, 1.82) is 0 Å². The second kappa shape index (κ2) is 9.34. The van der Waals surface area contributed by atoms with E-state index in [0.29, 0.717) is 6.54 Å². The zero-order valence-electron chi connectivity index (χ0n) is 12.6. The third-order valence-corrected chi connectivity index (χ3v) is 4.54. The highest BCUT2D eigenvalue weighted by molar-refractivity contribution is 7.52. The van der Waals surface area contributed by atoms with Crippen LogP contribution in [0, 0.1) is 0 Å². The molecule has 0 aliphatic heterocycles. The van der Waals surface area contributed by atoms with Crippen molar-refractivity contribution in [1.82, 2.24) is 4.90 Å². The van der Waals surface area contributed by atoms with Crippen LogP contribution < -0.4 is 0 Å². The lowest BCUT2D eigenvalue weighted by Gasteiger charge is -2.19. The van der Waals surface area contributed by atoms with Crippen LogP contribution in [-0.2, 0) is 11.0 Å². The predicted molar refractivity (Wildman–Crippen MR) is 84.2 cm³/mol. The summed E-state index contributed by atoms with van der Waals surface area (Å²) < 4.78 is 10.8. The molecule has 0 saturated carbocycles. The number of hydrogen-bond acceptors (Lipinski definition) is 3. The van der Waals surface area contributed by atoms with Gasteiger partial charge in [0.25, 0.3) is 0 Å². The van der Waals surface area contributed by atoms with Crippen LogP contribution in [0.3, 0.4) is 0 Å². The molecule has 3 N–H and O–H groups in total. The van der Waals surface area contributed by atoms with Crippen molar-refractivity contribution >= 4 is 7.60 Å². The van der Waals surface area contributed by atoms with E-state index in [4.69, 9.17) is 9.79 Å². The fourth-order valence-electron chi connectivity index (χ4n) is 2.15. The Kier molecular flexibility index (Phi) is 8.15. The van der Waals surface area contributed by atoms with Gasteiger partial charge >= 0.3 is 7.60 Å². The van der Waals surface area contributed by atoms with Gasteiger partial charge in [-0.15, -0.1) is 0 Å². The summed E-state index contributed by atoms with van der Waals surface area (Å²) in [6, 6.07) is 10.4. The molecule has 0 saturated heterocycles. The molecule has 0 amide bonds. The number of aliphatic hydroxyl groups is 1. The average Bonchev–Trinajstić information content (AvgIpc) is 2.44. The minimum absolute atomic E-state index is 0.102. The van der Waals surface area contributed by atoms with Gasteiger partial charge in [-0.3, -0.25) is 4.57 Å². The monoisotopic (exact) mass is 315 g/mol. The SMILES string of the molecule is CN(CCCCCc1ccccc1)CCC(O)P(=O)(O)O. The van der Waals surface area contributed by atoms with Gasteiger partial charge in [0.2, 0.25) is 0 Å². The highest BCUT2D eigenvalue weighted by Gasteiger charge is 2.25. The molecule has 0 fully saturated rings. The number of aryl methyl sites for hydroxylation is 1. The Morgan fingerprint density at radius 2 is 1.76 bits per heavy atom. The minimum atomic E-state index is -4.35. The van der Waals surface area contributed by atoms with Gasteiger partial charge in [-0.2, -0.15) is 0 Å². The molecule has 120 valence electrons. The number of unbranched alkanes of at least 4 members (excludes halogenated alkanes) is 2. The molecule has 0 aliphatic rings. The van der Waals surface area contributed by atoms with Gasteiger partial charge in [-0.25, -0.2) is 0 Å². The Morgan fingerprint density at radius 3 is 2.38 bits per heavy atom. The molecule has 21 heavy (non-hydrogen) atoms. The molecule has 1 atom stereocenters. The summed E-state index contributed by atoms with van der Waals surface area (Å²) in [5.41, 5.74) is 1.36. The van der Waals surface area contributed by atoms with E-state index >= 15 is 0 Å². The van der Waals surface area contributed by atoms with E-state index in [1.54, 1.807) is 0 Å². The lowest BCUT2D eigenvalue weighted by molar-refractivity contribution is 0.175. The summed E-state index contributed by atoms with van der Waals surface area (Å²) in [4.78, 5) is 19.6. The zero-order chi connectivity index (χ0) is 15.7. The highest BCUT2D eigenvalue weighted by atomic mass is 31.2. The fourth-order valence-corrected chi connectivity index (χ4v) is 2.60. The van der Waals surface area contributed by atoms with Crippen LogP contribution in [-0.4, -0.2) is 45.8 Å². The van der Waals surface area contributed by atoms with Crippen LogP contribution in [0.1, 0.15) is 31.2 Å². The van der Waals surface area contributed by atoms with Crippen molar-refractivity contribution in [3.8, 4) is 0 Å². The second-order valence-electron chi connectivity index (χ2n) is 5.46. The molecule has 1 aromatic rings. The van der Waals surface area contributed by atoms with E-state index < -0.39 is 13.4 Å². The lowest BCUT2D eigenvalue weighted by atomic mass is 10.1. The van der Waals surface area contributed by atoms with Gasteiger partial charge in [0, 0.05) is 6.54 Å². The summed E-state index contributed by atoms with van der Waals surface area (Å²) in [7, 11) is -2.45. The molecule has 0 bridgehead atoms. The molecule has 0 spiro atoms. The zero-order valence-corrected chi connectivity index (χ0v) is 13.5. The predicted octanol–water partition coefficient (Wildman–Crippen LogP) is 2.22. The van der Waals surface area contributed by atoms with Crippen molar-refractivity contribution in [2.24, 2.45) is 0 Å². The van der Waals surface area contributed by atoms with Crippen molar-refractivity contribution in [3.05, 3.63) is 35.9 Å². The molecule has 0 aromatic heterocycles. The molecule has 1 rings (SSSR count). The van der Waals surface area contributed by atoms with Crippen molar-refractivity contribution in [2.45, 2.75) is 37.9 Å². The number of hydrogen-bond donors (Lipinski definition) is 3. The molecule has 5 nitrogen and oxygen atoms in total. The van der Waals surface area contributed by atoms with Gasteiger partial charge in [-0.1, -0.05) is 36.8 Å². The van der Waals surface area contributed by atoms with Crippen LogP contribution in [0.4, 0.5) is 0 Å². The fraction of sp³-hybridized carbons (Fsp3) is 0.600. The van der Waals surface area contributed by atoms with E-state index in [1.165, 1.54) is 5.56 Å². The maximum Gasteiger partial charge on any atom is 0.353 e. The Hall–Kier alpha value is -0.710. The summed E-state index contributed by atoms with van der Waals surface area (Å²) in [6.45, 7) is 1.37.